The van der Waals surface area contributed by atoms with Crippen molar-refractivity contribution in [2.75, 3.05) is 19.6 Å². The van der Waals surface area contributed by atoms with E-state index in [1.165, 1.54) is 0 Å². The van der Waals surface area contributed by atoms with Crippen LogP contribution in [-0.4, -0.2) is 46.3 Å². The Morgan fingerprint density at radius 2 is 1.88 bits per heavy atom. The fourth-order valence-corrected chi connectivity index (χ4v) is 3.21. The van der Waals surface area contributed by atoms with Crippen LogP contribution in [0.5, 0.6) is 0 Å². The van der Waals surface area contributed by atoms with Crippen molar-refractivity contribution < 1.29 is 5.11 Å². The van der Waals surface area contributed by atoms with E-state index in [0.29, 0.717) is 6.54 Å². The van der Waals surface area contributed by atoms with Gasteiger partial charge in [-0.25, -0.2) is 4.98 Å². The van der Waals surface area contributed by atoms with Crippen molar-refractivity contribution in [3.8, 4) is 0 Å². The van der Waals surface area contributed by atoms with Crippen LogP contribution in [0.3, 0.4) is 0 Å². The van der Waals surface area contributed by atoms with E-state index in [4.69, 9.17) is 0 Å². The van der Waals surface area contributed by atoms with E-state index in [9.17, 15) is 5.11 Å². The van der Waals surface area contributed by atoms with E-state index < -0.39 is 5.60 Å². The van der Waals surface area contributed by atoms with E-state index in [1.807, 2.05) is 31.2 Å². The van der Waals surface area contributed by atoms with Crippen molar-refractivity contribution in [2.24, 2.45) is 4.99 Å². The summed E-state index contributed by atoms with van der Waals surface area (Å²) in [6.07, 6.45) is 4.27. The number of aliphatic hydroxyl groups is 1. The Morgan fingerprint density at radius 3 is 2.54 bits per heavy atom. The highest BCUT2D eigenvalue weighted by Gasteiger charge is 2.24. The molecule has 2 rings (SSSR count). The maximum Gasteiger partial charge on any atom is 0.191 e. The van der Waals surface area contributed by atoms with Gasteiger partial charge in [0.05, 0.1) is 23.2 Å². The fraction of sp³-hybridized carbons (Fsp3) is 0.600. The topological polar surface area (TPSA) is 85.3 Å². The van der Waals surface area contributed by atoms with Gasteiger partial charge >= 0.3 is 0 Å². The van der Waals surface area contributed by atoms with Gasteiger partial charge in [0.15, 0.2) is 5.96 Å². The van der Waals surface area contributed by atoms with Crippen LogP contribution in [0, 0.1) is 0 Å². The number of aromatic amines is 1. The van der Waals surface area contributed by atoms with E-state index >= 15 is 0 Å². The van der Waals surface area contributed by atoms with E-state index in [-0.39, 0.29) is 0 Å². The molecule has 144 valence electrons. The highest BCUT2D eigenvalue weighted by atomic mass is 16.3. The summed E-state index contributed by atoms with van der Waals surface area (Å²) in [5.74, 6) is 1.71. The molecule has 0 aliphatic carbocycles. The van der Waals surface area contributed by atoms with Gasteiger partial charge in [-0.3, -0.25) is 4.99 Å². The minimum absolute atomic E-state index is 0.425. The highest BCUT2D eigenvalue weighted by molar-refractivity contribution is 5.79. The third kappa shape index (κ3) is 6.02. The number of benzene rings is 1. The average Bonchev–Trinajstić information content (AvgIpc) is 3.03. The molecule has 6 nitrogen and oxygen atoms in total. The second-order valence-electron chi connectivity index (χ2n) is 6.80. The number of hydrogen-bond donors (Lipinski definition) is 4. The summed E-state index contributed by atoms with van der Waals surface area (Å²) < 4.78 is 0. The third-order valence-corrected chi connectivity index (χ3v) is 4.40. The predicted octanol–water partition coefficient (Wildman–Crippen LogP) is 2.99. The monoisotopic (exact) mass is 359 g/mol. The summed E-state index contributed by atoms with van der Waals surface area (Å²) in [6, 6.07) is 8.05. The molecule has 0 amide bonds. The molecule has 0 unspecified atom stereocenters. The molecule has 26 heavy (non-hydrogen) atoms. The van der Waals surface area contributed by atoms with Gasteiger partial charge in [0.1, 0.15) is 5.82 Å². The number of H-pyrrole nitrogens is 1. The van der Waals surface area contributed by atoms with Gasteiger partial charge in [0, 0.05) is 19.5 Å². The number of fused-ring (bicyclic) bond motifs is 1. The van der Waals surface area contributed by atoms with Gasteiger partial charge in [-0.05, 0) is 31.9 Å². The van der Waals surface area contributed by atoms with Crippen LogP contribution in [0.25, 0.3) is 11.0 Å². The molecular weight excluding hydrogens is 326 g/mol. The largest absolute Gasteiger partial charge is 0.388 e. The first-order valence-corrected chi connectivity index (χ1v) is 9.78. The van der Waals surface area contributed by atoms with Crippen molar-refractivity contribution in [3.63, 3.8) is 0 Å². The summed E-state index contributed by atoms with van der Waals surface area (Å²) in [4.78, 5) is 12.5. The van der Waals surface area contributed by atoms with Crippen LogP contribution < -0.4 is 10.6 Å². The fourth-order valence-electron chi connectivity index (χ4n) is 3.21. The van der Waals surface area contributed by atoms with Crippen LogP contribution >= 0.6 is 0 Å². The van der Waals surface area contributed by atoms with Gasteiger partial charge < -0.3 is 20.7 Å². The van der Waals surface area contributed by atoms with Crippen molar-refractivity contribution in [1.29, 1.82) is 0 Å². The molecule has 4 N–H and O–H groups in total. The normalized spacial score (nSPS) is 12.5. The SMILES string of the molecule is CCCC(O)(CCC)CN=C(NCC)NCCc1nc2ccccc2[nH]1. The Hall–Kier alpha value is -2.08. The first-order valence-electron chi connectivity index (χ1n) is 9.78. The van der Waals surface area contributed by atoms with E-state index in [1.54, 1.807) is 0 Å². The van der Waals surface area contributed by atoms with Crippen LogP contribution in [-0.2, 0) is 6.42 Å². The number of aliphatic imine (C=N–C) groups is 1. The van der Waals surface area contributed by atoms with Crippen LogP contribution in [0.2, 0.25) is 0 Å². The number of aromatic nitrogens is 2. The molecule has 0 fully saturated rings. The first kappa shape index (κ1) is 20.2. The minimum Gasteiger partial charge on any atom is -0.388 e. The quantitative estimate of drug-likeness (QED) is 0.388. The lowest BCUT2D eigenvalue weighted by Gasteiger charge is -2.26. The summed E-state index contributed by atoms with van der Waals surface area (Å²) in [7, 11) is 0. The van der Waals surface area contributed by atoms with Crippen molar-refractivity contribution >= 4 is 17.0 Å². The molecule has 0 bridgehead atoms. The number of imidazole rings is 1. The molecule has 0 radical (unpaired) electrons. The number of para-hydroxylation sites is 2. The summed E-state index contributed by atoms with van der Waals surface area (Å²) in [5.41, 5.74) is 1.35. The Kier molecular flexibility index (Phi) is 7.91. The van der Waals surface area contributed by atoms with Gasteiger partial charge in [-0.15, -0.1) is 0 Å². The number of hydrogen-bond acceptors (Lipinski definition) is 3. The molecule has 0 spiro atoms. The molecule has 0 saturated heterocycles. The van der Waals surface area contributed by atoms with E-state index in [0.717, 1.165) is 68.0 Å². The maximum absolute atomic E-state index is 10.7. The van der Waals surface area contributed by atoms with E-state index in [2.05, 4.69) is 39.4 Å². The summed E-state index contributed by atoms with van der Waals surface area (Å²) in [5, 5.41) is 17.3. The Bertz CT molecular complexity index is 655. The third-order valence-electron chi connectivity index (χ3n) is 4.40. The van der Waals surface area contributed by atoms with Crippen LogP contribution in [0.15, 0.2) is 29.3 Å². The van der Waals surface area contributed by atoms with Crippen molar-refractivity contribution in [3.05, 3.63) is 30.1 Å². The lowest BCUT2D eigenvalue weighted by molar-refractivity contribution is 0.0306. The summed E-state index contributed by atoms with van der Waals surface area (Å²) in [6.45, 7) is 8.18. The molecule has 0 atom stereocenters. The Labute approximate surface area is 156 Å². The average molecular weight is 360 g/mol. The second-order valence-corrected chi connectivity index (χ2v) is 6.80. The smallest absolute Gasteiger partial charge is 0.191 e. The van der Waals surface area contributed by atoms with Crippen LogP contribution in [0.1, 0.15) is 52.3 Å². The molecule has 0 saturated carbocycles. The standard InChI is InChI=1S/C20H33N5O/c1-4-12-20(26,13-5-2)15-23-19(21-6-3)22-14-11-18-24-16-9-7-8-10-17(16)25-18/h7-10,26H,4-6,11-15H2,1-3H3,(H,24,25)(H2,21,22,23). The first-order chi connectivity index (χ1) is 12.6. The minimum atomic E-state index is -0.704. The van der Waals surface area contributed by atoms with Crippen molar-refractivity contribution in [1.82, 2.24) is 20.6 Å². The summed E-state index contributed by atoms with van der Waals surface area (Å²) >= 11 is 0. The number of rotatable bonds is 10. The zero-order valence-electron chi connectivity index (χ0n) is 16.3. The number of nitrogens with zero attached hydrogens (tertiary/aromatic N) is 2. The van der Waals surface area contributed by atoms with Gasteiger partial charge in [-0.2, -0.15) is 0 Å². The number of nitrogens with one attached hydrogen (secondary N) is 3. The lowest BCUT2D eigenvalue weighted by atomic mass is 9.93. The molecule has 1 aromatic heterocycles. The molecule has 0 aliphatic heterocycles. The number of guanidine groups is 1. The zero-order valence-corrected chi connectivity index (χ0v) is 16.3. The van der Waals surface area contributed by atoms with Gasteiger partial charge in [-0.1, -0.05) is 38.8 Å². The molecule has 2 aromatic rings. The lowest BCUT2D eigenvalue weighted by Crippen LogP contribution is -2.41. The molecule has 1 heterocycles. The molecule has 1 aromatic carbocycles. The highest BCUT2D eigenvalue weighted by Crippen LogP contribution is 2.19. The predicted molar refractivity (Wildman–Crippen MR) is 109 cm³/mol. The van der Waals surface area contributed by atoms with Gasteiger partial charge in [0.2, 0.25) is 0 Å². The zero-order chi connectivity index (χ0) is 18.8. The molecule has 6 heteroatoms. The second kappa shape index (κ2) is 10.2. The molecule has 0 aliphatic rings. The maximum atomic E-state index is 10.7. The molecular formula is C20H33N5O. The van der Waals surface area contributed by atoms with Gasteiger partial charge in [0.25, 0.3) is 0 Å². The van der Waals surface area contributed by atoms with Crippen molar-refractivity contribution in [2.45, 2.75) is 58.5 Å². The Balaban J connectivity index is 1.91. The van der Waals surface area contributed by atoms with Crippen LogP contribution in [0.4, 0.5) is 0 Å². The Morgan fingerprint density at radius 1 is 1.15 bits per heavy atom.